The summed E-state index contributed by atoms with van der Waals surface area (Å²) in [5, 5.41) is 3.19. The van der Waals surface area contributed by atoms with Crippen molar-refractivity contribution in [1.82, 2.24) is 9.97 Å². The van der Waals surface area contributed by atoms with Gasteiger partial charge in [0.1, 0.15) is 5.02 Å². The molecule has 0 aliphatic rings. The highest BCUT2D eigenvalue weighted by Crippen LogP contribution is 2.25. The van der Waals surface area contributed by atoms with Crippen LogP contribution in [0.1, 0.15) is 10.4 Å². The molecule has 0 unspecified atom stereocenters. The van der Waals surface area contributed by atoms with Crippen molar-refractivity contribution in [3.05, 3.63) is 41.0 Å². The van der Waals surface area contributed by atoms with Crippen LogP contribution < -0.4 is 16.8 Å². The number of hydrogen-bond acceptors (Lipinski definition) is 5. The molecule has 92 valence electrons. The summed E-state index contributed by atoms with van der Waals surface area (Å²) in [5.74, 6) is -0.146. The molecule has 0 saturated heterocycles. The minimum absolute atomic E-state index is 0.0819. The van der Waals surface area contributed by atoms with Crippen molar-refractivity contribution in [3.63, 3.8) is 0 Å². The van der Waals surface area contributed by atoms with Crippen LogP contribution >= 0.6 is 11.6 Å². The van der Waals surface area contributed by atoms with Crippen molar-refractivity contribution in [2.75, 3.05) is 11.1 Å². The minimum Gasteiger partial charge on any atom is -0.368 e. The van der Waals surface area contributed by atoms with Gasteiger partial charge in [0.2, 0.25) is 5.95 Å². The van der Waals surface area contributed by atoms with Crippen LogP contribution in [0.5, 0.6) is 0 Å². The van der Waals surface area contributed by atoms with Crippen LogP contribution in [0, 0.1) is 0 Å². The molecule has 0 aliphatic carbocycles. The van der Waals surface area contributed by atoms with Crippen LogP contribution in [0.15, 0.2) is 30.5 Å². The van der Waals surface area contributed by atoms with Gasteiger partial charge in [0.15, 0.2) is 5.82 Å². The molecule has 0 bridgehead atoms. The fourth-order valence-corrected chi connectivity index (χ4v) is 1.54. The number of nitrogens with two attached hydrogens (primary N) is 2. The van der Waals surface area contributed by atoms with Crippen molar-refractivity contribution < 1.29 is 4.79 Å². The number of amides is 1. The number of halogens is 1. The SMILES string of the molecule is NC(=O)c1ccccc1Nc1nc(N)ncc1Cl. The maximum absolute atomic E-state index is 11.3. The third-order valence-corrected chi connectivity index (χ3v) is 2.48. The van der Waals surface area contributed by atoms with Crippen molar-refractivity contribution in [2.45, 2.75) is 0 Å². The molecule has 5 N–H and O–H groups in total. The molecule has 0 spiro atoms. The molecule has 1 aromatic carbocycles. The average molecular weight is 264 g/mol. The first-order valence-electron chi connectivity index (χ1n) is 5.02. The Hall–Kier alpha value is -2.34. The van der Waals surface area contributed by atoms with Crippen molar-refractivity contribution in [2.24, 2.45) is 5.73 Å². The van der Waals surface area contributed by atoms with Crippen LogP contribution in [-0.2, 0) is 0 Å². The standard InChI is InChI=1S/C11H10ClN5O/c12-7-5-15-11(14)17-10(7)16-8-4-2-1-3-6(8)9(13)18/h1-5H,(H2,13,18)(H3,14,15,16,17). The molecule has 6 nitrogen and oxygen atoms in total. The third-order valence-electron chi connectivity index (χ3n) is 2.21. The topological polar surface area (TPSA) is 107 Å². The number of anilines is 3. The van der Waals surface area contributed by atoms with Gasteiger partial charge in [-0.05, 0) is 12.1 Å². The second-order valence-corrected chi connectivity index (χ2v) is 3.87. The highest BCUT2D eigenvalue weighted by molar-refractivity contribution is 6.33. The van der Waals surface area contributed by atoms with Gasteiger partial charge in [-0.1, -0.05) is 23.7 Å². The number of primary amides is 1. The number of hydrogen-bond donors (Lipinski definition) is 3. The van der Waals surface area contributed by atoms with E-state index in [4.69, 9.17) is 23.1 Å². The second-order valence-electron chi connectivity index (χ2n) is 3.46. The molecule has 2 aromatic rings. The van der Waals surface area contributed by atoms with E-state index in [9.17, 15) is 4.79 Å². The molecule has 1 amide bonds. The molecule has 7 heteroatoms. The Morgan fingerprint density at radius 1 is 1.33 bits per heavy atom. The highest BCUT2D eigenvalue weighted by atomic mass is 35.5. The van der Waals surface area contributed by atoms with E-state index in [-0.39, 0.29) is 5.95 Å². The van der Waals surface area contributed by atoms with Gasteiger partial charge in [-0.2, -0.15) is 4.98 Å². The molecule has 1 aromatic heterocycles. The number of aromatic nitrogens is 2. The largest absolute Gasteiger partial charge is 0.368 e. The fraction of sp³-hybridized carbons (Fsp3) is 0. The summed E-state index contributed by atoms with van der Waals surface area (Å²) in [6, 6.07) is 6.76. The lowest BCUT2D eigenvalue weighted by molar-refractivity contribution is 0.100. The zero-order valence-electron chi connectivity index (χ0n) is 9.22. The number of para-hydroxylation sites is 1. The van der Waals surface area contributed by atoms with E-state index in [1.54, 1.807) is 24.3 Å². The van der Waals surface area contributed by atoms with Crippen molar-refractivity contribution >= 4 is 35.0 Å². The zero-order chi connectivity index (χ0) is 13.1. The molecular formula is C11H10ClN5O. The van der Waals surface area contributed by atoms with Gasteiger partial charge in [-0.25, -0.2) is 4.98 Å². The van der Waals surface area contributed by atoms with E-state index >= 15 is 0 Å². The number of nitrogen functional groups attached to an aromatic ring is 1. The maximum atomic E-state index is 11.3. The van der Waals surface area contributed by atoms with E-state index in [1.807, 2.05) is 0 Å². The predicted octanol–water partition coefficient (Wildman–Crippen LogP) is 1.55. The summed E-state index contributed by atoms with van der Waals surface area (Å²) in [4.78, 5) is 18.9. The number of carbonyl (C=O) groups excluding carboxylic acids is 1. The van der Waals surface area contributed by atoms with Crippen LogP contribution in [0.4, 0.5) is 17.5 Å². The molecule has 0 fully saturated rings. The van der Waals surface area contributed by atoms with Gasteiger partial charge < -0.3 is 16.8 Å². The quantitative estimate of drug-likeness (QED) is 0.779. The first kappa shape index (κ1) is 12.1. The zero-order valence-corrected chi connectivity index (χ0v) is 9.98. The number of carbonyl (C=O) groups is 1. The number of benzene rings is 1. The Morgan fingerprint density at radius 2 is 2.06 bits per heavy atom. The van der Waals surface area contributed by atoms with E-state index < -0.39 is 5.91 Å². The molecular weight excluding hydrogens is 254 g/mol. The van der Waals surface area contributed by atoms with Gasteiger partial charge in [-0.15, -0.1) is 0 Å². The van der Waals surface area contributed by atoms with Crippen molar-refractivity contribution in [1.29, 1.82) is 0 Å². The fourth-order valence-electron chi connectivity index (χ4n) is 1.40. The Bertz CT molecular complexity index is 602. The van der Waals surface area contributed by atoms with E-state index in [0.717, 1.165) is 0 Å². The number of nitrogens with one attached hydrogen (secondary N) is 1. The summed E-state index contributed by atoms with van der Waals surface area (Å²) >= 11 is 5.92. The molecule has 0 atom stereocenters. The number of rotatable bonds is 3. The molecule has 0 aliphatic heterocycles. The van der Waals surface area contributed by atoms with E-state index in [0.29, 0.717) is 22.1 Å². The van der Waals surface area contributed by atoms with Crippen LogP contribution in [-0.4, -0.2) is 15.9 Å². The molecule has 2 rings (SSSR count). The number of nitrogens with zero attached hydrogens (tertiary/aromatic N) is 2. The Balaban J connectivity index is 2.40. The summed E-state index contributed by atoms with van der Waals surface area (Å²) in [6.45, 7) is 0. The van der Waals surface area contributed by atoms with Gasteiger partial charge in [0.05, 0.1) is 17.4 Å². The van der Waals surface area contributed by atoms with E-state index in [1.165, 1.54) is 6.20 Å². The first-order chi connectivity index (χ1) is 8.58. The van der Waals surface area contributed by atoms with Gasteiger partial charge in [0, 0.05) is 0 Å². The third kappa shape index (κ3) is 2.49. The summed E-state index contributed by atoms with van der Waals surface area (Å²) in [5.41, 5.74) is 11.6. The van der Waals surface area contributed by atoms with Gasteiger partial charge >= 0.3 is 0 Å². The minimum atomic E-state index is -0.545. The molecule has 1 heterocycles. The lowest BCUT2D eigenvalue weighted by Crippen LogP contribution is -2.13. The normalized spacial score (nSPS) is 10.1. The Morgan fingerprint density at radius 3 is 2.78 bits per heavy atom. The first-order valence-corrected chi connectivity index (χ1v) is 5.39. The molecule has 0 saturated carbocycles. The Labute approximate surface area is 108 Å². The van der Waals surface area contributed by atoms with E-state index in [2.05, 4.69) is 15.3 Å². The summed E-state index contributed by atoms with van der Waals surface area (Å²) in [7, 11) is 0. The Kier molecular flexibility index (Phi) is 3.29. The van der Waals surface area contributed by atoms with Gasteiger partial charge in [-0.3, -0.25) is 4.79 Å². The van der Waals surface area contributed by atoms with Crippen LogP contribution in [0.2, 0.25) is 5.02 Å². The smallest absolute Gasteiger partial charge is 0.250 e. The average Bonchev–Trinajstić information content (AvgIpc) is 2.34. The molecule has 0 radical (unpaired) electrons. The lowest BCUT2D eigenvalue weighted by atomic mass is 10.1. The second kappa shape index (κ2) is 4.89. The van der Waals surface area contributed by atoms with Crippen LogP contribution in [0.3, 0.4) is 0 Å². The van der Waals surface area contributed by atoms with Gasteiger partial charge in [0.25, 0.3) is 5.91 Å². The van der Waals surface area contributed by atoms with Crippen LogP contribution in [0.25, 0.3) is 0 Å². The monoisotopic (exact) mass is 263 g/mol. The highest BCUT2D eigenvalue weighted by Gasteiger charge is 2.10. The molecule has 18 heavy (non-hydrogen) atoms. The summed E-state index contributed by atoms with van der Waals surface area (Å²) < 4.78 is 0. The maximum Gasteiger partial charge on any atom is 0.250 e. The van der Waals surface area contributed by atoms with Crippen molar-refractivity contribution in [3.8, 4) is 0 Å². The predicted molar refractivity (Wildman–Crippen MR) is 69.7 cm³/mol. The lowest BCUT2D eigenvalue weighted by Gasteiger charge is -2.10. The summed E-state index contributed by atoms with van der Waals surface area (Å²) in [6.07, 6.45) is 1.37.